The summed E-state index contributed by atoms with van der Waals surface area (Å²) in [5.41, 5.74) is 5.90. The molecule has 0 amide bonds. The van der Waals surface area contributed by atoms with Gasteiger partial charge in [-0.25, -0.2) is 0 Å². The maximum Gasteiger partial charge on any atom is 0.0928 e. The Kier molecular flexibility index (Phi) is 3.36. The predicted octanol–water partition coefficient (Wildman–Crippen LogP) is 5.44. The van der Waals surface area contributed by atoms with Crippen LogP contribution in [-0.4, -0.2) is 0 Å². The van der Waals surface area contributed by atoms with Gasteiger partial charge in [0.25, 0.3) is 0 Å². The predicted molar refractivity (Wildman–Crippen MR) is 87.1 cm³/mol. The van der Waals surface area contributed by atoms with Gasteiger partial charge in [-0.2, -0.15) is 0 Å². The van der Waals surface area contributed by atoms with Crippen molar-refractivity contribution in [3.8, 4) is 0 Å². The Morgan fingerprint density at radius 2 is 1.65 bits per heavy atom. The van der Waals surface area contributed by atoms with Gasteiger partial charge in [0.05, 0.1) is 5.38 Å². The van der Waals surface area contributed by atoms with Crippen LogP contribution in [0, 0.1) is 0 Å². The number of thiophene rings is 1. The van der Waals surface area contributed by atoms with Gasteiger partial charge >= 0.3 is 0 Å². The normalized spacial score (nSPS) is 18.6. The molecule has 4 rings (SSSR count). The third-order valence-corrected chi connectivity index (χ3v) is 6.60. The van der Waals surface area contributed by atoms with Crippen molar-refractivity contribution in [3.05, 3.63) is 56.3 Å². The van der Waals surface area contributed by atoms with E-state index < -0.39 is 0 Å². The monoisotopic (exact) mass is 302 g/mol. The van der Waals surface area contributed by atoms with Crippen molar-refractivity contribution in [3.63, 3.8) is 0 Å². The Balaban J connectivity index is 1.65. The van der Waals surface area contributed by atoms with Crippen molar-refractivity contribution in [2.24, 2.45) is 0 Å². The van der Waals surface area contributed by atoms with E-state index >= 15 is 0 Å². The van der Waals surface area contributed by atoms with Gasteiger partial charge in [-0.05, 0) is 73.3 Å². The Labute approximate surface area is 129 Å². The molecule has 0 radical (unpaired) electrons. The van der Waals surface area contributed by atoms with E-state index in [0.29, 0.717) is 0 Å². The number of aryl methyl sites for hydroxylation is 4. The van der Waals surface area contributed by atoms with Gasteiger partial charge in [0, 0.05) is 9.75 Å². The number of halogens is 1. The van der Waals surface area contributed by atoms with Crippen LogP contribution in [0.3, 0.4) is 0 Å². The maximum atomic E-state index is 6.75. The fourth-order valence-electron chi connectivity index (χ4n) is 3.55. The molecule has 0 saturated heterocycles. The van der Waals surface area contributed by atoms with Crippen LogP contribution in [0.5, 0.6) is 0 Å². The molecule has 2 aliphatic carbocycles. The molecule has 0 nitrogen and oxygen atoms in total. The van der Waals surface area contributed by atoms with Gasteiger partial charge in [0.1, 0.15) is 0 Å². The maximum absolute atomic E-state index is 6.75. The smallest absolute Gasteiger partial charge is 0.0928 e. The van der Waals surface area contributed by atoms with E-state index in [1.165, 1.54) is 66.5 Å². The molecule has 2 aromatic rings. The first-order valence-electron chi connectivity index (χ1n) is 7.68. The molecule has 2 heteroatoms. The van der Waals surface area contributed by atoms with Crippen molar-refractivity contribution < 1.29 is 0 Å². The lowest BCUT2D eigenvalue weighted by atomic mass is 9.90. The highest BCUT2D eigenvalue weighted by atomic mass is 35.5. The molecule has 2 aliphatic rings. The highest BCUT2D eigenvalue weighted by molar-refractivity contribution is 7.12. The highest BCUT2D eigenvalue weighted by Gasteiger charge is 2.21. The standard InChI is InChI=1S/C18H19ClS/c19-18(17-11-14-6-3-7-16(14)20-17)15-9-8-12-4-1-2-5-13(12)10-15/h8-11,18H,1-7H2. The molecule has 0 N–H and O–H groups in total. The fourth-order valence-corrected chi connectivity index (χ4v) is 5.15. The van der Waals surface area contributed by atoms with Crippen molar-refractivity contribution >= 4 is 22.9 Å². The first-order valence-corrected chi connectivity index (χ1v) is 8.94. The van der Waals surface area contributed by atoms with Crippen LogP contribution in [-0.2, 0) is 25.7 Å². The molecular formula is C18H19ClS. The molecule has 1 unspecified atom stereocenters. The molecule has 1 heterocycles. The number of rotatable bonds is 2. The summed E-state index contributed by atoms with van der Waals surface area (Å²) in [5, 5.41) is 0.0397. The second-order valence-electron chi connectivity index (χ2n) is 6.05. The molecule has 0 spiro atoms. The van der Waals surface area contributed by atoms with Gasteiger partial charge in [-0.3, -0.25) is 0 Å². The zero-order chi connectivity index (χ0) is 13.5. The first-order chi connectivity index (χ1) is 9.81. The average molecular weight is 303 g/mol. The number of hydrogen-bond donors (Lipinski definition) is 0. The van der Waals surface area contributed by atoms with Crippen LogP contribution in [0.25, 0.3) is 0 Å². The van der Waals surface area contributed by atoms with Crippen molar-refractivity contribution in [1.29, 1.82) is 0 Å². The molecule has 1 atom stereocenters. The Morgan fingerprint density at radius 3 is 2.50 bits per heavy atom. The fraction of sp³-hybridized carbons (Fsp3) is 0.444. The SMILES string of the molecule is ClC(c1ccc2c(c1)CCCC2)c1cc2c(s1)CCC2. The average Bonchev–Trinajstić information content (AvgIpc) is 3.07. The van der Waals surface area contributed by atoms with Crippen LogP contribution in [0.2, 0.25) is 0 Å². The largest absolute Gasteiger partial charge is 0.143 e. The van der Waals surface area contributed by atoms with Crippen molar-refractivity contribution in [2.45, 2.75) is 50.3 Å². The molecule has 0 bridgehead atoms. The van der Waals surface area contributed by atoms with Gasteiger partial charge < -0.3 is 0 Å². The zero-order valence-electron chi connectivity index (χ0n) is 11.6. The summed E-state index contributed by atoms with van der Waals surface area (Å²) in [6.07, 6.45) is 8.98. The third-order valence-electron chi connectivity index (χ3n) is 4.68. The van der Waals surface area contributed by atoms with Gasteiger partial charge in [-0.15, -0.1) is 22.9 Å². The van der Waals surface area contributed by atoms with E-state index in [9.17, 15) is 0 Å². The van der Waals surface area contributed by atoms with Crippen LogP contribution in [0.4, 0.5) is 0 Å². The summed E-state index contributed by atoms with van der Waals surface area (Å²) in [6, 6.07) is 9.26. The van der Waals surface area contributed by atoms with E-state index in [2.05, 4.69) is 24.3 Å². The lowest BCUT2D eigenvalue weighted by Gasteiger charge is -2.18. The summed E-state index contributed by atoms with van der Waals surface area (Å²) >= 11 is 8.68. The van der Waals surface area contributed by atoms with Crippen molar-refractivity contribution in [2.75, 3.05) is 0 Å². The molecule has 0 fully saturated rings. The minimum absolute atomic E-state index is 0.0397. The molecular weight excluding hydrogens is 284 g/mol. The van der Waals surface area contributed by atoms with Crippen LogP contribution in [0.1, 0.15) is 56.6 Å². The molecule has 1 aromatic heterocycles. The topological polar surface area (TPSA) is 0 Å². The second kappa shape index (κ2) is 5.20. The summed E-state index contributed by atoms with van der Waals surface area (Å²) in [4.78, 5) is 2.91. The molecule has 20 heavy (non-hydrogen) atoms. The van der Waals surface area contributed by atoms with E-state index in [0.717, 1.165) is 0 Å². The third kappa shape index (κ3) is 2.21. The minimum Gasteiger partial charge on any atom is -0.143 e. The Morgan fingerprint density at radius 1 is 0.850 bits per heavy atom. The number of alkyl halides is 1. The van der Waals surface area contributed by atoms with Gasteiger partial charge in [0.15, 0.2) is 0 Å². The van der Waals surface area contributed by atoms with Gasteiger partial charge in [-0.1, -0.05) is 18.2 Å². The van der Waals surface area contributed by atoms with E-state index in [4.69, 9.17) is 11.6 Å². The lowest BCUT2D eigenvalue weighted by Crippen LogP contribution is -2.04. The number of hydrogen-bond acceptors (Lipinski definition) is 1. The summed E-state index contributed by atoms with van der Waals surface area (Å²) in [7, 11) is 0. The summed E-state index contributed by atoms with van der Waals surface area (Å²) in [5.74, 6) is 0. The Bertz CT molecular complexity index is 619. The van der Waals surface area contributed by atoms with E-state index in [1.807, 2.05) is 11.3 Å². The van der Waals surface area contributed by atoms with E-state index in [1.54, 1.807) is 10.4 Å². The first kappa shape index (κ1) is 12.9. The van der Waals surface area contributed by atoms with Crippen LogP contribution >= 0.6 is 22.9 Å². The summed E-state index contributed by atoms with van der Waals surface area (Å²) in [6.45, 7) is 0. The molecule has 0 aliphatic heterocycles. The Hall–Kier alpha value is -0.790. The number of fused-ring (bicyclic) bond motifs is 2. The lowest BCUT2D eigenvalue weighted by molar-refractivity contribution is 0.684. The molecule has 104 valence electrons. The van der Waals surface area contributed by atoms with Gasteiger partial charge in [0.2, 0.25) is 0 Å². The highest BCUT2D eigenvalue weighted by Crippen LogP contribution is 2.39. The molecule has 0 saturated carbocycles. The van der Waals surface area contributed by atoms with Crippen LogP contribution < -0.4 is 0 Å². The minimum atomic E-state index is 0.0397. The zero-order valence-corrected chi connectivity index (χ0v) is 13.2. The van der Waals surface area contributed by atoms with Crippen LogP contribution in [0.15, 0.2) is 24.3 Å². The number of benzene rings is 1. The summed E-state index contributed by atoms with van der Waals surface area (Å²) < 4.78 is 0. The molecule has 1 aromatic carbocycles. The van der Waals surface area contributed by atoms with E-state index in [-0.39, 0.29) is 5.38 Å². The quantitative estimate of drug-likeness (QED) is 0.648. The van der Waals surface area contributed by atoms with Crippen molar-refractivity contribution in [1.82, 2.24) is 0 Å². The second-order valence-corrected chi connectivity index (χ2v) is 7.65.